The molecule has 0 saturated heterocycles. The number of alkyl halides is 6. The molecule has 0 spiro atoms. The van der Waals surface area contributed by atoms with Crippen LogP contribution >= 0.6 is 59.2 Å². The van der Waals surface area contributed by atoms with E-state index in [0.717, 1.165) is 18.2 Å². The lowest BCUT2D eigenvalue weighted by atomic mass is 9.96. The monoisotopic (exact) mass is 620 g/mol. The summed E-state index contributed by atoms with van der Waals surface area (Å²) in [4.78, 5) is 0.137. The molecule has 13 heteroatoms. The highest BCUT2D eigenvalue weighted by Crippen LogP contribution is 2.41. The third kappa shape index (κ3) is 8.99. The number of allylic oxidation sites excluding steroid dienone is 1. The predicted molar refractivity (Wildman–Crippen MR) is 146 cm³/mol. The molecular weight excluding hydrogens is 601 g/mol. The Balaban J connectivity index is 2.24. The van der Waals surface area contributed by atoms with E-state index in [9.17, 15) is 26.3 Å². The van der Waals surface area contributed by atoms with Crippen molar-refractivity contribution in [3.63, 3.8) is 0 Å². The summed E-state index contributed by atoms with van der Waals surface area (Å²) in [5, 5.41) is 4.88. The first-order valence-electron chi connectivity index (χ1n) is 10.5. The zero-order valence-electron chi connectivity index (χ0n) is 19.5. The van der Waals surface area contributed by atoms with Gasteiger partial charge in [0.15, 0.2) is 0 Å². The van der Waals surface area contributed by atoms with E-state index in [1.54, 1.807) is 39.0 Å². The van der Waals surface area contributed by atoms with E-state index in [-0.39, 0.29) is 30.6 Å². The van der Waals surface area contributed by atoms with Crippen LogP contribution in [-0.4, -0.2) is 34.4 Å². The van der Waals surface area contributed by atoms with Crippen LogP contribution in [0.3, 0.4) is 0 Å². The maximum atomic E-state index is 13.8. The van der Waals surface area contributed by atoms with Gasteiger partial charge in [0.1, 0.15) is 16.5 Å². The fraction of sp³-hybridized carbons (Fsp3) is 0.333. The Morgan fingerprint density at radius 3 is 2.03 bits per heavy atom. The van der Waals surface area contributed by atoms with Crippen LogP contribution in [0.15, 0.2) is 36.4 Å². The molecule has 37 heavy (non-hydrogen) atoms. The number of aryl methyl sites for hydroxylation is 1. The number of hydrogen-bond acceptors (Lipinski definition) is 2. The second kappa shape index (κ2) is 12.1. The van der Waals surface area contributed by atoms with Crippen LogP contribution in [0, 0.1) is 6.92 Å². The molecular formula is C24H21Cl3F6N2S2. The summed E-state index contributed by atoms with van der Waals surface area (Å²) in [5.74, 6) is -1.99. The number of nitrogens with one attached hydrogen (secondary N) is 2. The molecule has 2 aromatic carbocycles. The molecule has 2 rings (SSSR count). The standard InChI is InChI=1S/C24H21Cl3F6N2S2/c1-12-8-13(5-7-16(24(31,32)33)14-9-17(25)19(27)18(26)10-14)4-6-15(12)20(36)35-22(2,3)21(37)34-11-23(28,29)30/h4-10,16H,11H2,1-3H3,(H,34,37)(H,35,36). The van der Waals surface area contributed by atoms with E-state index in [1.807, 2.05) is 0 Å². The van der Waals surface area contributed by atoms with E-state index in [2.05, 4.69) is 10.6 Å². The summed E-state index contributed by atoms with van der Waals surface area (Å²) in [6, 6.07) is 7.03. The van der Waals surface area contributed by atoms with Crippen LogP contribution in [0.25, 0.3) is 6.08 Å². The molecule has 0 radical (unpaired) electrons. The average Bonchev–Trinajstić information content (AvgIpc) is 2.74. The Hall–Kier alpha value is -1.59. The first kappa shape index (κ1) is 31.6. The smallest absolute Gasteiger partial charge is 0.369 e. The summed E-state index contributed by atoms with van der Waals surface area (Å²) in [6.07, 6.45) is -6.77. The number of rotatable bonds is 7. The summed E-state index contributed by atoms with van der Waals surface area (Å²) in [7, 11) is 0. The van der Waals surface area contributed by atoms with Gasteiger partial charge in [-0.2, -0.15) is 26.3 Å². The molecule has 2 nitrogen and oxygen atoms in total. The van der Waals surface area contributed by atoms with Gasteiger partial charge in [-0.1, -0.05) is 89.6 Å². The molecule has 202 valence electrons. The summed E-state index contributed by atoms with van der Waals surface area (Å²) in [6.45, 7) is 3.57. The van der Waals surface area contributed by atoms with Crippen molar-refractivity contribution in [2.45, 2.75) is 44.6 Å². The molecule has 0 fully saturated rings. The molecule has 1 atom stereocenters. The maximum absolute atomic E-state index is 13.8. The molecule has 0 heterocycles. The van der Waals surface area contributed by atoms with Gasteiger partial charge >= 0.3 is 12.4 Å². The summed E-state index contributed by atoms with van der Waals surface area (Å²) < 4.78 is 78.9. The largest absolute Gasteiger partial charge is 0.405 e. The molecule has 0 saturated carbocycles. The fourth-order valence-corrected chi connectivity index (χ4v) is 4.45. The summed E-state index contributed by atoms with van der Waals surface area (Å²) in [5.41, 5.74) is 0.377. The molecule has 2 aromatic rings. The summed E-state index contributed by atoms with van der Waals surface area (Å²) >= 11 is 28.2. The van der Waals surface area contributed by atoms with Crippen molar-refractivity contribution in [1.29, 1.82) is 0 Å². The highest BCUT2D eigenvalue weighted by Gasteiger charge is 2.39. The zero-order chi connectivity index (χ0) is 28.3. The predicted octanol–water partition coefficient (Wildman–Crippen LogP) is 8.84. The fourth-order valence-electron chi connectivity index (χ4n) is 3.23. The Kier molecular flexibility index (Phi) is 10.3. The third-order valence-electron chi connectivity index (χ3n) is 5.14. The van der Waals surface area contributed by atoms with Gasteiger partial charge in [-0.05, 0) is 49.6 Å². The van der Waals surface area contributed by atoms with Gasteiger partial charge < -0.3 is 10.6 Å². The lowest BCUT2D eigenvalue weighted by Crippen LogP contribution is -2.54. The van der Waals surface area contributed by atoms with E-state index in [4.69, 9.17) is 59.2 Å². The number of hydrogen-bond donors (Lipinski definition) is 2. The van der Waals surface area contributed by atoms with Crippen molar-refractivity contribution in [1.82, 2.24) is 10.6 Å². The molecule has 0 aromatic heterocycles. The van der Waals surface area contributed by atoms with Gasteiger partial charge in [-0.3, -0.25) is 0 Å². The van der Waals surface area contributed by atoms with Gasteiger partial charge in [-0.25, -0.2) is 0 Å². The SMILES string of the molecule is Cc1cc(C=CC(c2cc(Cl)c(Cl)c(Cl)c2)C(F)(F)F)ccc1C(=S)NC(C)(C)C(=S)NCC(F)(F)F. The van der Waals surface area contributed by atoms with Gasteiger partial charge in [0.2, 0.25) is 0 Å². The molecule has 0 aliphatic heterocycles. The van der Waals surface area contributed by atoms with Crippen molar-refractivity contribution in [2.24, 2.45) is 0 Å². The highest BCUT2D eigenvalue weighted by atomic mass is 35.5. The Morgan fingerprint density at radius 2 is 1.54 bits per heavy atom. The number of halogens is 9. The Bertz CT molecular complexity index is 1190. The van der Waals surface area contributed by atoms with Crippen LogP contribution in [0.1, 0.15) is 42.0 Å². The van der Waals surface area contributed by atoms with Crippen LogP contribution in [0.2, 0.25) is 15.1 Å². The average molecular weight is 622 g/mol. The lowest BCUT2D eigenvalue weighted by Gasteiger charge is -2.30. The molecule has 0 aliphatic carbocycles. The van der Waals surface area contributed by atoms with E-state index >= 15 is 0 Å². The van der Waals surface area contributed by atoms with Crippen LogP contribution in [-0.2, 0) is 0 Å². The lowest BCUT2D eigenvalue weighted by molar-refractivity contribution is -0.139. The third-order valence-corrected chi connectivity index (χ3v) is 7.31. The quantitative estimate of drug-likeness (QED) is 0.183. The van der Waals surface area contributed by atoms with Crippen LogP contribution in [0.4, 0.5) is 26.3 Å². The molecule has 1 unspecified atom stereocenters. The maximum Gasteiger partial charge on any atom is 0.405 e. The zero-order valence-corrected chi connectivity index (χ0v) is 23.4. The van der Waals surface area contributed by atoms with Crippen molar-refractivity contribution >= 4 is 75.3 Å². The van der Waals surface area contributed by atoms with Crippen molar-refractivity contribution in [2.75, 3.05) is 6.54 Å². The van der Waals surface area contributed by atoms with E-state index in [0.29, 0.717) is 16.7 Å². The first-order valence-corrected chi connectivity index (χ1v) is 12.4. The molecule has 2 N–H and O–H groups in total. The van der Waals surface area contributed by atoms with E-state index < -0.39 is 30.4 Å². The van der Waals surface area contributed by atoms with Gasteiger partial charge in [0.05, 0.1) is 26.5 Å². The Morgan fingerprint density at radius 1 is 0.973 bits per heavy atom. The Labute approximate surface area is 236 Å². The van der Waals surface area contributed by atoms with Crippen LogP contribution in [0.5, 0.6) is 0 Å². The minimum absolute atomic E-state index is 0.0344. The second-order valence-electron chi connectivity index (χ2n) is 8.63. The number of benzene rings is 2. The first-order chi connectivity index (χ1) is 16.8. The second-order valence-corrected chi connectivity index (χ2v) is 10.6. The minimum Gasteiger partial charge on any atom is -0.369 e. The van der Waals surface area contributed by atoms with E-state index in [1.165, 1.54) is 6.08 Å². The topological polar surface area (TPSA) is 24.1 Å². The molecule has 0 amide bonds. The van der Waals surface area contributed by atoms with Gasteiger partial charge in [0.25, 0.3) is 0 Å². The van der Waals surface area contributed by atoms with Crippen LogP contribution < -0.4 is 10.6 Å². The van der Waals surface area contributed by atoms with Crippen molar-refractivity contribution in [3.05, 3.63) is 73.7 Å². The molecule has 0 aliphatic rings. The van der Waals surface area contributed by atoms with Crippen molar-refractivity contribution < 1.29 is 26.3 Å². The normalized spacial score (nSPS) is 13.5. The van der Waals surface area contributed by atoms with Gasteiger partial charge in [0, 0.05) is 5.56 Å². The number of thiocarbonyl (C=S) groups is 2. The minimum atomic E-state index is -4.62. The molecule has 0 bridgehead atoms. The van der Waals surface area contributed by atoms with Crippen molar-refractivity contribution in [3.8, 4) is 0 Å². The van der Waals surface area contributed by atoms with Gasteiger partial charge in [-0.15, -0.1) is 0 Å². The highest BCUT2D eigenvalue weighted by molar-refractivity contribution is 7.81.